The molecule has 0 amide bonds. The average Bonchev–Trinajstić information content (AvgIpc) is 2.70. The Morgan fingerprint density at radius 3 is 3.14 bits per heavy atom. The average molecular weight is 195 g/mol. The van der Waals surface area contributed by atoms with Crippen LogP contribution in [0.1, 0.15) is 17.9 Å². The molecule has 1 aliphatic heterocycles. The van der Waals surface area contributed by atoms with E-state index in [1.165, 1.54) is 0 Å². The lowest BCUT2D eigenvalue weighted by Gasteiger charge is -2.11. The maximum atomic E-state index is 5.47. The highest BCUT2D eigenvalue weighted by Gasteiger charge is 2.22. The van der Waals surface area contributed by atoms with Crippen molar-refractivity contribution in [2.24, 2.45) is 0 Å². The van der Waals surface area contributed by atoms with E-state index in [1.807, 2.05) is 0 Å². The summed E-state index contributed by atoms with van der Waals surface area (Å²) in [5, 5.41) is 0. The number of nitrogens with two attached hydrogens (primary N) is 1. The number of hydrogen-bond acceptors (Lipinski definition) is 5. The molecule has 0 bridgehead atoms. The predicted molar refractivity (Wildman–Crippen MR) is 51.2 cm³/mol. The fourth-order valence-corrected chi connectivity index (χ4v) is 1.61. The fourth-order valence-electron chi connectivity index (χ4n) is 1.61. The Labute approximate surface area is 82.3 Å². The third-order valence-corrected chi connectivity index (χ3v) is 2.36. The normalized spacial score (nSPS) is 21.1. The Morgan fingerprint density at radius 1 is 1.64 bits per heavy atom. The van der Waals surface area contributed by atoms with Crippen molar-refractivity contribution in [2.45, 2.75) is 12.3 Å². The molecule has 0 aromatic carbocycles. The van der Waals surface area contributed by atoms with Crippen molar-refractivity contribution < 1.29 is 9.47 Å². The Morgan fingerprint density at radius 2 is 2.50 bits per heavy atom. The van der Waals surface area contributed by atoms with E-state index in [0.717, 1.165) is 18.6 Å². The van der Waals surface area contributed by atoms with Crippen LogP contribution in [0.25, 0.3) is 0 Å². The summed E-state index contributed by atoms with van der Waals surface area (Å²) in [7, 11) is 1.58. The van der Waals surface area contributed by atoms with Gasteiger partial charge in [0.15, 0.2) is 0 Å². The molecule has 14 heavy (non-hydrogen) atoms. The molecule has 0 spiro atoms. The van der Waals surface area contributed by atoms with Crippen LogP contribution in [0.15, 0.2) is 6.20 Å². The minimum absolute atomic E-state index is 0.240. The topological polar surface area (TPSA) is 70.3 Å². The predicted octanol–water partition coefficient (Wildman–Crippen LogP) is 0.571. The standard InChI is InChI=1S/C9H13N3O2/c1-13-8-7(4-11-9(10)12-8)6-2-3-14-5-6/h4,6H,2-3,5H2,1H3,(H2,10,11,12). The van der Waals surface area contributed by atoms with Crippen LogP contribution in [-0.2, 0) is 4.74 Å². The fraction of sp³-hybridized carbons (Fsp3) is 0.556. The van der Waals surface area contributed by atoms with Crippen LogP contribution in [0.4, 0.5) is 5.95 Å². The third kappa shape index (κ3) is 1.63. The molecule has 2 heterocycles. The monoisotopic (exact) mass is 195 g/mol. The summed E-state index contributed by atoms with van der Waals surface area (Å²) < 4.78 is 10.5. The van der Waals surface area contributed by atoms with Gasteiger partial charge >= 0.3 is 0 Å². The molecule has 1 aliphatic rings. The number of ether oxygens (including phenoxy) is 2. The molecule has 1 atom stereocenters. The molecule has 1 aromatic heterocycles. The van der Waals surface area contributed by atoms with Gasteiger partial charge in [0.1, 0.15) is 0 Å². The maximum absolute atomic E-state index is 5.47. The lowest BCUT2D eigenvalue weighted by Crippen LogP contribution is -2.06. The van der Waals surface area contributed by atoms with E-state index in [9.17, 15) is 0 Å². The van der Waals surface area contributed by atoms with Gasteiger partial charge in [-0.2, -0.15) is 4.98 Å². The number of rotatable bonds is 2. The molecule has 1 unspecified atom stereocenters. The summed E-state index contributed by atoms with van der Waals surface area (Å²) in [6.07, 6.45) is 2.71. The molecule has 5 heteroatoms. The summed E-state index contributed by atoms with van der Waals surface area (Å²) in [4.78, 5) is 7.99. The van der Waals surface area contributed by atoms with Gasteiger partial charge in [-0.1, -0.05) is 0 Å². The van der Waals surface area contributed by atoms with Crippen LogP contribution in [0.5, 0.6) is 5.88 Å². The molecule has 5 nitrogen and oxygen atoms in total. The highest BCUT2D eigenvalue weighted by Crippen LogP contribution is 2.30. The van der Waals surface area contributed by atoms with Crippen LogP contribution in [0.3, 0.4) is 0 Å². The molecule has 0 aliphatic carbocycles. The summed E-state index contributed by atoms with van der Waals surface area (Å²) in [6.45, 7) is 1.50. The lowest BCUT2D eigenvalue weighted by molar-refractivity contribution is 0.193. The van der Waals surface area contributed by atoms with Gasteiger partial charge in [0.2, 0.25) is 11.8 Å². The van der Waals surface area contributed by atoms with Crippen molar-refractivity contribution in [3.63, 3.8) is 0 Å². The summed E-state index contributed by atoms with van der Waals surface area (Å²) in [6, 6.07) is 0. The van der Waals surface area contributed by atoms with E-state index in [2.05, 4.69) is 9.97 Å². The Kier molecular flexibility index (Phi) is 2.49. The molecule has 0 radical (unpaired) electrons. The zero-order chi connectivity index (χ0) is 9.97. The second-order valence-electron chi connectivity index (χ2n) is 3.25. The number of anilines is 1. The van der Waals surface area contributed by atoms with Crippen LogP contribution in [0, 0.1) is 0 Å². The van der Waals surface area contributed by atoms with E-state index in [4.69, 9.17) is 15.2 Å². The maximum Gasteiger partial charge on any atom is 0.223 e. The second-order valence-corrected chi connectivity index (χ2v) is 3.25. The van der Waals surface area contributed by atoms with Crippen molar-refractivity contribution in [2.75, 3.05) is 26.1 Å². The van der Waals surface area contributed by atoms with E-state index in [-0.39, 0.29) is 5.95 Å². The molecule has 1 aromatic rings. The van der Waals surface area contributed by atoms with Gasteiger partial charge in [-0.3, -0.25) is 0 Å². The summed E-state index contributed by atoms with van der Waals surface area (Å²) in [5.41, 5.74) is 6.45. The van der Waals surface area contributed by atoms with Gasteiger partial charge in [0.25, 0.3) is 0 Å². The number of nitrogens with zero attached hydrogens (tertiary/aromatic N) is 2. The largest absolute Gasteiger partial charge is 0.481 e. The van der Waals surface area contributed by atoms with E-state index in [1.54, 1.807) is 13.3 Å². The first kappa shape index (κ1) is 9.21. The summed E-state index contributed by atoms with van der Waals surface area (Å²) in [5.74, 6) is 1.14. The molecule has 1 fully saturated rings. The second kappa shape index (κ2) is 3.79. The Balaban J connectivity index is 2.31. The van der Waals surface area contributed by atoms with Gasteiger partial charge in [-0.25, -0.2) is 4.98 Å². The molecule has 0 saturated carbocycles. The highest BCUT2D eigenvalue weighted by atomic mass is 16.5. The zero-order valence-electron chi connectivity index (χ0n) is 8.06. The van der Waals surface area contributed by atoms with E-state index >= 15 is 0 Å². The van der Waals surface area contributed by atoms with Gasteiger partial charge in [0, 0.05) is 24.3 Å². The third-order valence-electron chi connectivity index (χ3n) is 2.36. The minimum Gasteiger partial charge on any atom is -0.481 e. The molecule has 1 saturated heterocycles. The quantitative estimate of drug-likeness (QED) is 0.747. The van der Waals surface area contributed by atoms with Crippen molar-refractivity contribution in [1.82, 2.24) is 9.97 Å². The van der Waals surface area contributed by atoms with Gasteiger partial charge in [0.05, 0.1) is 13.7 Å². The zero-order valence-corrected chi connectivity index (χ0v) is 8.06. The van der Waals surface area contributed by atoms with Crippen LogP contribution >= 0.6 is 0 Å². The number of nitrogen functional groups attached to an aromatic ring is 1. The Hall–Kier alpha value is -1.36. The first-order chi connectivity index (χ1) is 6.81. The first-order valence-corrected chi connectivity index (χ1v) is 4.55. The molecule has 2 N–H and O–H groups in total. The molecule has 76 valence electrons. The lowest BCUT2D eigenvalue weighted by atomic mass is 10.0. The van der Waals surface area contributed by atoms with Crippen molar-refractivity contribution in [1.29, 1.82) is 0 Å². The van der Waals surface area contributed by atoms with Crippen molar-refractivity contribution in [3.8, 4) is 5.88 Å². The van der Waals surface area contributed by atoms with Crippen LogP contribution in [0.2, 0.25) is 0 Å². The van der Waals surface area contributed by atoms with Gasteiger partial charge in [-0.05, 0) is 6.42 Å². The smallest absolute Gasteiger partial charge is 0.223 e. The van der Waals surface area contributed by atoms with E-state index < -0.39 is 0 Å². The van der Waals surface area contributed by atoms with Crippen molar-refractivity contribution in [3.05, 3.63) is 11.8 Å². The minimum atomic E-state index is 0.240. The molecular formula is C9H13N3O2. The SMILES string of the molecule is COc1nc(N)ncc1C1CCOC1. The van der Waals surface area contributed by atoms with Crippen LogP contribution < -0.4 is 10.5 Å². The van der Waals surface area contributed by atoms with Crippen molar-refractivity contribution >= 4 is 5.95 Å². The number of hydrogen-bond donors (Lipinski definition) is 1. The number of aromatic nitrogens is 2. The molecular weight excluding hydrogens is 182 g/mol. The highest BCUT2D eigenvalue weighted by molar-refractivity contribution is 5.33. The van der Waals surface area contributed by atoms with Gasteiger partial charge < -0.3 is 15.2 Å². The summed E-state index contributed by atoms with van der Waals surface area (Å²) >= 11 is 0. The number of methoxy groups -OCH3 is 1. The van der Waals surface area contributed by atoms with E-state index in [0.29, 0.717) is 18.4 Å². The first-order valence-electron chi connectivity index (χ1n) is 4.55. The Bertz CT molecular complexity index is 324. The van der Waals surface area contributed by atoms with Crippen LogP contribution in [-0.4, -0.2) is 30.3 Å². The molecule has 2 rings (SSSR count). The van der Waals surface area contributed by atoms with Gasteiger partial charge in [-0.15, -0.1) is 0 Å².